The molecule has 0 radical (unpaired) electrons. The highest BCUT2D eigenvalue weighted by Gasteiger charge is 2.11. The lowest BCUT2D eigenvalue weighted by Crippen LogP contribution is -2.25. The van der Waals surface area contributed by atoms with Crippen LogP contribution in [0, 0.1) is 6.92 Å². The van der Waals surface area contributed by atoms with Crippen LogP contribution in [-0.4, -0.2) is 47.7 Å². The van der Waals surface area contributed by atoms with Crippen molar-refractivity contribution in [1.82, 2.24) is 14.9 Å². The molecule has 0 saturated carbocycles. The van der Waals surface area contributed by atoms with Crippen molar-refractivity contribution in [3.05, 3.63) is 11.8 Å². The molecule has 0 aliphatic carbocycles. The third-order valence-electron chi connectivity index (χ3n) is 3.11. The van der Waals surface area contributed by atoms with Crippen LogP contribution in [0.4, 0.5) is 5.95 Å². The van der Waals surface area contributed by atoms with E-state index in [1.54, 1.807) is 6.20 Å². The molecule has 1 aliphatic heterocycles. The van der Waals surface area contributed by atoms with Crippen LogP contribution in [0.3, 0.4) is 0 Å². The van der Waals surface area contributed by atoms with Crippen molar-refractivity contribution < 1.29 is 4.74 Å². The first-order chi connectivity index (χ1) is 8.79. The number of nitrogens with one attached hydrogen (secondary N) is 1. The van der Waals surface area contributed by atoms with Crippen LogP contribution < -0.4 is 10.1 Å². The van der Waals surface area contributed by atoms with Crippen LogP contribution in [0.2, 0.25) is 0 Å². The van der Waals surface area contributed by atoms with E-state index >= 15 is 0 Å². The minimum atomic E-state index is 0.638. The molecule has 1 aromatic rings. The number of ether oxygens (including phenoxy) is 1. The van der Waals surface area contributed by atoms with Crippen molar-refractivity contribution in [2.75, 3.05) is 38.1 Å². The van der Waals surface area contributed by atoms with Gasteiger partial charge < -0.3 is 10.1 Å². The molecule has 0 bridgehead atoms. The Kier molecular flexibility index (Phi) is 4.75. The van der Waals surface area contributed by atoms with E-state index < -0.39 is 0 Å². The summed E-state index contributed by atoms with van der Waals surface area (Å²) in [5.41, 5.74) is 0.984. The van der Waals surface area contributed by atoms with Gasteiger partial charge in [0.25, 0.3) is 0 Å². The van der Waals surface area contributed by atoms with Crippen molar-refractivity contribution >= 4 is 5.95 Å². The minimum Gasteiger partial charge on any atom is -0.476 e. The number of hydrogen-bond acceptors (Lipinski definition) is 5. The first-order valence-electron chi connectivity index (χ1n) is 6.72. The summed E-state index contributed by atoms with van der Waals surface area (Å²) in [4.78, 5) is 11.0. The summed E-state index contributed by atoms with van der Waals surface area (Å²) in [6, 6.07) is 0. The zero-order valence-corrected chi connectivity index (χ0v) is 11.3. The molecule has 0 atom stereocenters. The summed E-state index contributed by atoms with van der Waals surface area (Å²) in [6.07, 6.45) is 4.43. The molecule has 2 heterocycles. The number of anilines is 1. The standard InChI is InChI=1S/C13H22N4O/c1-3-14-13-15-10-11(2)12(16-13)18-9-8-17-6-4-5-7-17/h10H,3-9H2,1-2H3,(H,14,15,16). The van der Waals surface area contributed by atoms with Gasteiger partial charge in [-0.05, 0) is 39.8 Å². The summed E-state index contributed by atoms with van der Waals surface area (Å²) < 4.78 is 5.75. The average molecular weight is 250 g/mol. The summed E-state index contributed by atoms with van der Waals surface area (Å²) in [5.74, 6) is 1.33. The van der Waals surface area contributed by atoms with E-state index in [1.807, 2.05) is 13.8 Å². The van der Waals surface area contributed by atoms with Crippen molar-refractivity contribution in [3.8, 4) is 5.88 Å². The molecule has 0 amide bonds. The van der Waals surface area contributed by atoms with Crippen molar-refractivity contribution in [1.29, 1.82) is 0 Å². The van der Waals surface area contributed by atoms with E-state index in [9.17, 15) is 0 Å². The normalized spacial score (nSPS) is 15.9. The van der Waals surface area contributed by atoms with E-state index in [0.29, 0.717) is 18.4 Å². The first-order valence-corrected chi connectivity index (χ1v) is 6.72. The molecule has 100 valence electrons. The summed E-state index contributed by atoms with van der Waals surface area (Å²) in [6.45, 7) is 8.90. The number of aromatic nitrogens is 2. The summed E-state index contributed by atoms with van der Waals surface area (Å²) in [7, 11) is 0. The van der Waals surface area contributed by atoms with Gasteiger partial charge in [-0.3, -0.25) is 4.90 Å². The zero-order chi connectivity index (χ0) is 12.8. The molecule has 1 fully saturated rings. The van der Waals surface area contributed by atoms with Crippen LogP contribution in [-0.2, 0) is 0 Å². The molecule has 1 N–H and O–H groups in total. The lowest BCUT2D eigenvalue weighted by Gasteiger charge is -2.15. The van der Waals surface area contributed by atoms with E-state index in [0.717, 1.165) is 18.7 Å². The Labute approximate surface area is 109 Å². The second-order valence-corrected chi connectivity index (χ2v) is 4.61. The van der Waals surface area contributed by atoms with Crippen molar-refractivity contribution in [2.45, 2.75) is 26.7 Å². The third kappa shape index (κ3) is 3.57. The fourth-order valence-corrected chi connectivity index (χ4v) is 2.09. The smallest absolute Gasteiger partial charge is 0.225 e. The van der Waals surface area contributed by atoms with Gasteiger partial charge in [-0.1, -0.05) is 0 Å². The van der Waals surface area contributed by atoms with Gasteiger partial charge in [-0.25, -0.2) is 4.98 Å². The number of likely N-dealkylation sites (tertiary alicyclic amines) is 1. The molecular weight excluding hydrogens is 228 g/mol. The van der Waals surface area contributed by atoms with Gasteiger partial charge in [0.2, 0.25) is 11.8 Å². The molecule has 0 unspecified atom stereocenters. The van der Waals surface area contributed by atoms with Gasteiger partial charge in [0.1, 0.15) is 6.61 Å². The largest absolute Gasteiger partial charge is 0.476 e. The second kappa shape index (κ2) is 6.54. The molecule has 1 saturated heterocycles. The Balaban J connectivity index is 1.85. The monoisotopic (exact) mass is 250 g/mol. The van der Waals surface area contributed by atoms with E-state index in [1.165, 1.54) is 25.9 Å². The van der Waals surface area contributed by atoms with Crippen LogP contribution in [0.5, 0.6) is 5.88 Å². The fourth-order valence-electron chi connectivity index (χ4n) is 2.09. The molecular formula is C13H22N4O. The highest BCUT2D eigenvalue weighted by molar-refractivity contribution is 5.32. The van der Waals surface area contributed by atoms with Gasteiger partial charge in [0.15, 0.2) is 0 Å². The maximum atomic E-state index is 5.75. The SMILES string of the molecule is CCNc1ncc(C)c(OCCN2CCCC2)n1. The quantitative estimate of drug-likeness (QED) is 0.832. The van der Waals surface area contributed by atoms with Gasteiger partial charge in [0.05, 0.1) is 0 Å². The van der Waals surface area contributed by atoms with Crippen molar-refractivity contribution in [3.63, 3.8) is 0 Å². The Morgan fingerprint density at radius 1 is 1.39 bits per heavy atom. The Morgan fingerprint density at radius 3 is 2.89 bits per heavy atom. The lowest BCUT2D eigenvalue weighted by molar-refractivity contribution is 0.231. The predicted octanol–water partition coefficient (Wildman–Crippen LogP) is 1.69. The van der Waals surface area contributed by atoms with Gasteiger partial charge in [-0.15, -0.1) is 0 Å². The summed E-state index contributed by atoms with van der Waals surface area (Å²) >= 11 is 0. The predicted molar refractivity (Wildman–Crippen MR) is 72.1 cm³/mol. The highest BCUT2D eigenvalue weighted by Crippen LogP contribution is 2.15. The van der Waals surface area contributed by atoms with Crippen LogP contribution >= 0.6 is 0 Å². The first kappa shape index (κ1) is 13.1. The second-order valence-electron chi connectivity index (χ2n) is 4.61. The van der Waals surface area contributed by atoms with Crippen LogP contribution in [0.25, 0.3) is 0 Å². The van der Waals surface area contributed by atoms with Crippen molar-refractivity contribution in [2.24, 2.45) is 0 Å². The van der Waals surface area contributed by atoms with E-state index in [4.69, 9.17) is 4.74 Å². The van der Waals surface area contributed by atoms with Gasteiger partial charge >= 0.3 is 0 Å². The number of hydrogen-bond donors (Lipinski definition) is 1. The average Bonchev–Trinajstić information content (AvgIpc) is 2.86. The van der Waals surface area contributed by atoms with E-state index in [2.05, 4.69) is 20.2 Å². The van der Waals surface area contributed by atoms with Crippen LogP contribution in [0.15, 0.2) is 6.20 Å². The molecule has 0 spiro atoms. The van der Waals surface area contributed by atoms with Gasteiger partial charge in [0, 0.05) is 24.8 Å². The molecule has 1 aliphatic rings. The Hall–Kier alpha value is -1.36. The molecule has 2 rings (SSSR count). The number of rotatable bonds is 6. The van der Waals surface area contributed by atoms with Gasteiger partial charge in [-0.2, -0.15) is 4.98 Å². The Bertz CT molecular complexity index is 377. The molecule has 5 nitrogen and oxygen atoms in total. The Morgan fingerprint density at radius 2 is 2.17 bits per heavy atom. The number of aryl methyl sites for hydroxylation is 1. The topological polar surface area (TPSA) is 50.3 Å². The zero-order valence-electron chi connectivity index (χ0n) is 11.3. The molecule has 18 heavy (non-hydrogen) atoms. The lowest BCUT2D eigenvalue weighted by atomic mass is 10.4. The van der Waals surface area contributed by atoms with Crippen LogP contribution in [0.1, 0.15) is 25.3 Å². The third-order valence-corrected chi connectivity index (χ3v) is 3.11. The molecule has 5 heteroatoms. The molecule has 1 aromatic heterocycles. The maximum absolute atomic E-state index is 5.75. The highest BCUT2D eigenvalue weighted by atomic mass is 16.5. The van der Waals surface area contributed by atoms with E-state index in [-0.39, 0.29) is 0 Å². The summed E-state index contributed by atoms with van der Waals surface area (Å²) in [5, 5.41) is 3.09. The minimum absolute atomic E-state index is 0.638. The molecule has 0 aromatic carbocycles. The number of nitrogens with zero attached hydrogens (tertiary/aromatic N) is 3. The fraction of sp³-hybridized carbons (Fsp3) is 0.692. The maximum Gasteiger partial charge on any atom is 0.225 e.